The number of halogens is 2. The minimum atomic E-state index is -0.238. The van der Waals surface area contributed by atoms with E-state index in [1.165, 1.54) is 6.07 Å². The maximum atomic E-state index is 13.7. The molecule has 2 aromatic rings. The van der Waals surface area contributed by atoms with Gasteiger partial charge in [-0.1, -0.05) is 24.3 Å². The van der Waals surface area contributed by atoms with E-state index in [4.69, 9.17) is 0 Å². The fraction of sp³-hybridized carbons (Fsp3) is 0.333. The van der Waals surface area contributed by atoms with Gasteiger partial charge in [-0.25, -0.2) is 14.4 Å². The highest BCUT2D eigenvalue weighted by molar-refractivity contribution is 14.0. The summed E-state index contributed by atoms with van der Waals surface area (Å²) in [6, 6.07) is 12.6. The van der Waals surface area contributed by atoms with Crippen molar-refractivity contribution in [2.75, 3.05) is 25.5 Å². The van der Waals surface area contributed by atoms with Crippen LogP contribution in [0.2, 0.25) is 0 Å². The SMILES string of the molecule is CCNC(=NCc1ccccc1F)NCc1cccc(N(C)C)n1.I. The Bertz CT molecular complexity index is 691. The fourth-order valence-electron chi connectivity index (χ4n) is 2.12. The van der Waals surface area contributed by atoms with Crippen molar-refractivity contribution in [3.8, 4) is 0 Å². The van der Waals surface area contributed by atoms with Crippen molar-refractivity contribution in [3.63, 3.8) is 0 Å². The van der Waals surface area contributed by atoms with Gasteiger partial charge >= 0.3 is 0 Å². The number of nitrogens with zero attached hydrogens (tertiary/aromatic N) is 3. The van der Waals surface area contributed by atoms with E-state index in [9.17, 15) is 4.39 Å². The first-order valence-electron chi connectivity index (χ1n) is 7.99. The molecule has 5 nitrogen and oxygen atoms in total. The third-order valence-corrected chi connectivity index (χ3v) is 3.40. The molecule has 25 heavy (non-hydrogen) atoms. The largest absolute Gasteiger partial charge is 0.363 e. The summed E-state index contributed by atoms with van der Waals surface area (Å²) in [6.45, 7) is 3.55. The Balaban J connectivity index is 0.00000312. The van der Waals surface area contributed by atoms with Gasteiger partial charge in [-0.2, -0.15) is 0 Å². The molecule has 1 aromatic heterocycles. The van der Waals surface area contributed by atoms with E-state index in [2.05, 4.69) is 20.6 Å². The molecule has 0 saturated carbocycles. The number of hydrogen-bond acceptors (Lipinski definition) is 3. The molecule has 0 fully saturated rings. The smallest absolute Gasteiger partial charge is 0.191 e. The van der Waals surface area contributed by atoms with Crippen LogP contribution < -0.4 is 15.5 Å². The second-order valence-electron chi connectivity index (χ2n) is 5.52. The molecule has 7 heteroatoms. The molecule has 0 amide bonds. The summed E-state index contributed by atoms with van der Waals surface area (Å²) < 4.78 is 13.7. The average Bonchev–Trinajstić information content (AvgIpc) is 2.59. The van der Waals surface area contributed by atoms with E-state index < -0.39 is 0 Å². The monoisotopic (exact) mass is 457 g/mol. The molecular weight excluding hydrogens is 432 g/mol. The molecule has 0 aliphatic rings. The number of hydrogen-bond donors (Lipinski definition) is 2. The van der Waals surface area contributed by atoms with Crippen LogP contribution in [-0.4, -0.2) is 31.6 Å². The van der Waals surface area contributed by atoms with Crippen LogP contribution in [0, 0.1) is 5.82 Å². The van der Waals surface area contributed by atoms with Crippen LogP contribution in [-0.2, 0) is 13.1 Å². The van der Waals surface area contributed by atoms with Gasteiger partial charge in [-0.3, -0.25) is 0 Å². The normalized spacial score (nSPS) is 10.8. The van der Waals surface area contributed by atoms with Gasteiger partial charge in [0.15, 0.2) is 5.96 Å². The molecule has 136 valence electrons. The Morgan fingerprint density at radius 1 is 1.12 bits per heavy atom. The number of aromatic nitrogens is 1. The second kappa shape index (κ2) is 10.9. The average molecular weight is 457 g/mol. The van der Waals surface area contributed by atoms with Gasteiger partial charge < -0.3 is 15.5 Å². The van der Waals surface area contributed by atoms with Crippen molar-refractivity contribution in [2.24, 2.45) is 4.99 Å². The van der Waals surface area contributed by atoms with Crippen molar-refractivity contribution in [3.05, 3.63) is 59.5 Å². The van der Waals surface area contributed by atoms with Crippen molar-refractivity contribution < 1.29 is 4.39 Å². The van der Waals surface area contributed by atoms with E-state index in [-0.39, 0.29) is 36.3 Å². The zero-order valence-corrected chi connectivity index (χ0v) is 17.1. The lowest BCUT2D eigenvalue weighted by atomic mass is 10.2. The predicted octanol–water partition coefficient (Wildman–Crippen LogP) is 3.16. The van der Waals surface area contributed by atoms with E-state index >= 15 is 0 Å². The van der Waals surface area contributed by atoms with Crippen LogP contribution in [0.3, 0.4) is 0 Å². The zero-order valence-electron chi connectivity index (χ0n) is 14.8. The minimum Gasteiger partial charge on any atom is -0.363 e. The highest BCUT2D eigenvalue weighted by atomic mass is 127. The van der Waals surface area contributed by atoms with E-state index in [1.54, 1.807) is 12.1 Å². The molecule has 2 N–H and O–H groups in total. The minimum absolute atomic E-state index is 0. The van der Waals surface area contributed by atoms with Crippen LogP contribution in [0.5, 0.6) is 0 Å². The maximum absolute atomic E-state index is 13.7. The molecule has 0 saturated heterocycles. The Morgan fingerprint density at radius 2 is 1.88 bits per heavy atom. The summed E-state index contributed by atoms with van der Waals surface area (Å²) in [7, 11) is 3.92. The zero-order chi connectivity index (χ0) is 17.4. The molecule has 0 aliphatic carbocycles. The first-order chi connectivity index (χ1) is 11.6. The number of guanidine groups is 1. The van der Waals surface area contributed by atoms with Crippen LogP contribution in [0.1, 0.15) is 18.2 Å². The number of anilines is 1. The molecular formula is C18H25FIN5. The number of nitrogens with one attached hydrogen (secondary N) is 2. The van der Waals surface area contributed by atoms with Crippen molar-refractivity contribution >= 4 is 35.8 Å². The van der Waals surface area contributed by atoms with Crippen LogP contribution in [0.4, 0.5) is 10.2 Å². The van der Waals surface area contributed by atoms with Crippen LogP contribution in [0.15, 0.2) is 47.5 Å². The Hall–Kier alpha value is -1.90. The quantitative estimate of drug-likeness (QED) is 0.398. The van der Waals surface area contributed by atoms with Crippen molar-refractivity contribution in [1.29, 1.82) is 0 Å². The topological polar surface area (TPSA) is 52.6 Å². The summed E-state index contributed by atoms with van der Waals surface area (Å²) in [6.07, 6.45) is 0. The standard InChI is InChI=1S/C18H24FN5.HI/c1-4-20-18(21-12-14-8-5-6-10-16(14)19)22-13-15-9-7-11-17(23-15)24(2)3;/h5-11H,4,12-13H2,1-3H3,(H2,20,21,22);1H. The molecule has 0 aliphatic heterocycles. The number of benzene rings is 1. The Kier molecular flexibility index (Phi) is 9.18. The highest BCUT2D eigenvalue weighted by Gasteiger charge is 2.03. The van der Waals surface area contributed by atoms with Gasteiger partial charge in [0.25, 0.3) is 0 Å². The Labute approximate surface area is 165 Å². The third-order valence-electron chi connectivity index (χ3n) is 3.40. The first kappa shape index (κ1) is 21.1. The van der Waals surface area contributed by atoms with Crippen molar-refractivity contribution in [1.82, 2.24) is 15.6 Å². The predicted molar refractivity (Wildman–Crippen MR) is 112 cm³/mol. The third kappa shape index (κ3) is 6.85. The molecule has 0 atom stereocenters. The van der Waals surface area contributed by atoms with E-state index in [1.807, 2.05) is 50.2 Å². The fourth-order valence-corrected chi connectivity index (χ4v) is 2.12. The number of pyridine rings is 1. The summed E-state index contributed by atoms with van der Waals surface area (Å²) >= 11 is 0. The first-order valence-corrected chi connectivity index (χ1v) is 7.99. The van der Waals surface area contributed by atoms with Gasteiger partial charge in [-0.15, -0.1) is 24.0 Å². The van der Waals surface area contributed by atoms with E-state index in [0.717, 1.165) is 18.1 Å². The summed E-state index contributed by atoms with van der Waals surface area (Å²) in [5, 5.41) is 6.39. The maximum Gasteiger partial charge on any atom is 0.191 e. The Morgan fingerprint density at radius 3 is 2.56 bits per heavy atom. The lowest BCUT2D eigenvalue weighted by molar-refractivity contribution is 0.610. The van der Waals surface area contributed by atoms with Crippen molar-refractivity contribution in [2.45, 2.75) is 20.0 Å². The molecule has 0 radical (unpaired) electrons. The molecule has 1 heterocycles. The number of aliphatic imine (C=N–C) groups is 1. The molecule has 2 rings (SSSR count). The summed E-state index contributed by atoms with van der Waals surface area (Å²) in [4.78, 5) is 11.0. The van der Waals surface area contributed by atoms with Gasteiger partial charge in [0.1, 0.15) is 11.6 Å². The highest BCUT2D eigenvalue weighted by Crippen LogP contribution is 2.08. The second-order valence-corrected chi connectivity index (χ2v) is 5.52. The van der Waals surface area contributed by atoms with Crippen LogP contribution >= 0.6 is 24.0 Å². The lowest BCUT2D eigenvalue weighted by Crippen LogP contribution is -2.37. The summed E-state index contributed by atoms with van der Waals surface area (Å²) in [5.74, 6) is 1.30. The molecule has 0 bridgehead atoms. The molecule has 1 aromatic carbocycles. The van der Waals surface area contributed by atoms with E-state index in [0.29, 0.717) is 18.1 Å². The van der Waals surface area contributed by atoms with Gasteiger partial charge in [0.2, 0.25) is 0 Å². The number of rotatable bonds is 6. The van der Waals surface area contributed by atoms with Gasteiger partial charge in [-0.05, 0) is 25.1 Å². The van der Waals surface area contributed by atoms with Gasteiger partial charge in [0.05, 0.1) is 18.8 Å². The molecule has 0 spiro atoms. The molecule has 0 unspecified atom stereocenters. The lowest BCUT2D eigenvalue weighted by Gasteiger charge is -2.14. The van der Waals surface area contributed by atoms with Gasteiger partial charge in [0, 0.05) is 26.2 Å². The van der Waals surface area contributed by atoms with Crippen LogP contribution in [0.25, 0.3) is 0 Å². The summed E-state index contributed by atoms with van der Waals surface area (Å²) in [5.41, 5.74) is 1.49.